The van der Waals surface area contributed by atoms with Crippen LogP contribution in [0.1, 0.15) is 13.8 Å². The number of carbonyl (C=O) groups excluding carboxylic acids is 1. The molecule has 2 rings (SSSR count). The van der Waals surface area contributed by atoms with Gasteiger partial charge >= 0.3 is 0 Å². The van der Waals surface area contributed by atoms with Gasteiger partial charge in [0.25, 0.3) is 0 Å². The molecule has 0 radical (unpaired) electrons. The van der Waals surface area contributed by atoms with Crippen LogP contribution in [0.5, 0.6) is 0 Å². The van der Waals surface area contributed by atoms with Crippen molar-refractivity contribution in [2.75, 3.05) is 24.6 Å². The zero-order valence-electron chi connectivity index (χ0n) is 9.64. The molecule has 0 aromatic carbocycles. The Morgan fingerprint density at radius 2 is 2.12 bits per heavy atom. The third-order valence-electron chi connectivity index (χ3n) is 3.12. The number of nitrogens with one attached hydrogen (secondary N) is 1. The molecule has 0 spiro atoms. The Bertz CT molecular complexity index is 391. The molecule has 2 unspecified atom stereocenters. The number of nitrogens with zero attached hydrogens (tertiary/aromatic N) is 1. The van der Waals surface area contributed by atoms with E-state index in [1.807, 2.05) is 13.8 Å². The minimum atomic E-state index is -2.98. The largest absolute Gasteiger partial charge is 0.336 e. The van der Waals surface area contributed by atoms with Gasteiger partial charge in [0.15, 0.2) is 9.84 Å². The number of hydrogen-bond donors (Lipinski definition) is 1. The molecule has 1 N–H and O–H groups in total. The van der Waals surface area contributed by atoms with Gasteiger partial charge in [-0.05, 0) is 5.92 Å². The average molecular weight is 246 g/mol. The molecular weight excluding hydrogens is 228 g/mol. The van der Waals surface area contributed by atoms with Gasteiger partial charge in [-0.1, -0.05) is 13.8 Å². The van der Waals surface area contributed by atoms with Crippen LogP contribution in [-0.2, 0) is 14.6 Å². The first-order valence-corrected chi connectivity index (χ1v) is 7.44. The lowest BCUT2D eigenvalue weighted by molar-refractivity contribution is -0.135. The van der Waals surface area contributed by atoms with Crippen LogP contribution in [0.15, 0.2) is 0 Å². The summed E-state index contributed by atoms with van der Waals surface area (Å²) in [4.78, 5) is 13.5. The van der Waals surface area contributed by atoms with Gasteiger partial charge in [0.05, 0.1) is 24.1 Å². The third-order valence-corrected chi connectivity index (χ3v) is 4.84. The van der Waals surface area contributed by atoms with E-state index in [0.717, 1.165) is 0 Å². The second kappa shape index (κ2) is 4.00. The average Bonchev–Trinajstić information content (AvgIpc) is 2.45. The molecule has 2 heterocycles. The van der Waals surface area contributed by atoms with Gasteiger partial charge in [0, 0.05) is 12.6 Å². The Hall–Kier alpha value is -0.620. The van der Waals surface area contributed by atoms with Crippen molar-refractivity contribution in [1.29, 1.82) is 0 Å². The Kier molecular flexibility index (Phi) is 2.96. The van der Waals surface area contributed by atoms with Crippen LogP contribution in [0.3, 0.4) is 0 Å². The Morgan fingerprint density at radius 1 is 1.44 bits per heavy atom. The van der Waals surface area contributed by atoms with Crippen molar-refractivity contribution in [2.45, 2.75) is 25.9 Å². The zero-order chi connectivity index (χ0) is 11.9. The summed E-state index contributed by atoms with van der Waals surface area (Å²) >= 11 is 0. The minimum absolute atomic E-state index is 0.0204. The Balaban J connectivity index is 2.19. The summed E-state index contributed by atoms with van der Waals surface area (Å²) in [6, 6.07) is -0.227. The lowest BCUT2D eigenvalue weighted by Gasteiger charge is -2.38. The normalized spacial score (nSPS) is 33.2. The van der Waals surface area contributed by atoms with Crippen LogP contribution < -0.4 is 5.32 Å². The molecule has 5 nitrogen and oxygen atoms in total. The maximum atomic E-state index is 11.8. The van der Waals surface area contributed by atoms with Gasteiger partial charge in [-0.2, -0.15) is 0 Å². The number of rotatable bonds is 2. The fraction of sp³-hybridized carbons (Fsp3) is 0.900. The summed E-state index contributed by atoms with van der Waals surface area (Å²) in [6.45, 7) is 4.99. The molecule has 0 aliphatic carbocycles. The first-order chi connectivity index (χ1) is 7.39. The van der Waals surface area contributed by atoms with E-state index < -0.39 is 9.84 Å². The van der Waals surface area contributed by atoms with E-state index in [1.54, 1.807) is 4.90 Å². The van der Waals surface area contributed by atoms with Gasteiger partial charge in [-0.3, -0.25) is 4.79 Å². The fourth-order valence-corrected chi connectivity index (χ4v) is 4.42. The fourth-order valence-electron chi connectivity index (χ4n) is 2.47. The highest BCUT2D eigenvalue weighted by molar-refractivity contribution is 7.91. The molecule has 0 aromatic heterocycles. The summed E-state index contributed by atoms with van der Waals surface area (Å²) in [7, 11) is -2.98. The summed E-state index contributed by atoms with van der Waals surface area (Å²) in [5.74, 6) is 0.668. The van der Waals surface area contributed by atoms with Crippen molar-refractivity contribution in [2.24, 2.45) is 5.92 Å². The van der Waals surface area contributed by atoms with Crippen molar-refractivity contribution in [3.05, 3.63) is 0 Å². The number of piperazine rings is 1. The van der Waals surface area contributed by atoms with Crippen LogP contribution in [0, 0.1) is 5.92 Å². The highest BCUT2D eigenvalue weighted by Crippen LogP contribution is 2.22. The SMILES string of the molecule is CC(C)CN1C(=O)CNC2CS(=O)(=O)CC21. The molecule has 2 atom stereocenters. The maximum absolute atomic E-state index is 11.8. The Labute approximate surface area is 96.1 Å². The van der Waals surface area contributed by atoms with Gasteiger partial charge in [-0.15, -0.1) is 0 Å². The standard InChI is InChI=1S/C10H18N2O3S/c1-7(2)4-12-9-6-16(14,15)5-8(9)11-3-10(12)13/h7-9,11H,3-6H2,1-2H3. The van der Waals surface area contributed by atoms with Gasteiger partial charge < -0.3 is 10.2 Å². The van der Waals surface area contributed by atoms with Crippen molar-refractivity contribution in [3.63, 3.8) is 0 Å². The topological polar surface area (TPSA) is 66.5 Å². The monoisotopic (exact) mass is 246 g/mol. The van der Waals surface area contributed by atoms with Crippen LogP contribution >= 0.6 is 0 Å². The van der Waals surface area contributed by atoms with Crippen molar-refractivity contribution in [3.8, 4) is 0 Å². The smallest absolute Gasteiger partial charge is 0.236 e. The molecule has 2 aliphatic heterocycles. The highest BCUT2D eigenvalue weighted by atomic mass is 32.2. The van der Waals surface area contributed by atoms with Crippen LogP contribution in [0.4, 0.5) is 0 Å². The molecule has 2 aliphatic rings. The van der Waals surface area contributed by atoms with Crippen LogP contribution in [0.25, 0.3) is 0 Å². The predicted octanol–water partition coefficient (Wildman–Crippen LogP) is -0.760. The van der Waals surface area contributed by atoms with Crippen molar-refractivity contribution < 1.29 is 13.2 Å². The number of amides is 1. The van der Waals surface area contributed by atoms with Crippen molar-refractivity contribution in [1.82, 2.24) is 10.2 Å². The van der Waals surface area contributed by atoms with Crippen molar-refractivity contribution >= 4 is 15.7 Å². The molecule has 2 fully saturated rings. The summed E-state index contributed by atoms with van der Waals surface area (Å²) in [5.41, 5.74) is 0. The molecule has 0 aromatic rings. The van der Waals surface area contributed by atoms with E-state index in [2.05, 4.69) is 5.32 Å². The second-order valence-corrected chi connectivity index (χ2v) is 7.23. The summed E-state index contributed by atoms with van der Waals surface area (Å²) in [5, 5.41) is 3.02. The zero-order valence-corrected chi connectivity index (χ0v) is 10.5. The minimum Gasteiger partial charge on any atom is -0.336 e. The molecule has 6 heteroatoms. The molecule has 92 valence electrons. The number of hydrogen-bond acceptors (Lipinski definition) is 4. The van der Waals surface area contributed by atoms with Gasteiger partial charge in [-0.25, -0.2) is 8.42 Å². The highest BCUT2D eigenvalue weighted by Gasteiger charge is 2.45. The van der Waals surface area contributed by atoms with E-state index in [9.17, 15) is 13.2 Å². The van der Waals surface area contributed by atoms with E-state index in [-0.39, 0.29) is 36.0 Å². The lowest BCUT2D eigenvalue weighted by Crippen LogP contribution is -2.60. The molecule has 0 saturated carbocycles. The quantitative estimate of drug-likeness (QED) is 0.695. The van der Waals surface area contributed by atoms with Crippen LogP contribution in [-0.4, -0.2) is 55.9 Å². The number of fused-ring (bicyclic) bond motifs is 1. The third kappa shape index (κ3) is 2.22. The lowest BCUT2D eigenvalue weighted by atomic mass is 10.0. The molecule has 1 amide bonds. The van der Waals surface area contributed by atoms with Crippen LogP contribution in [0.2, 0.25) is 0 Å². The van der Waals surface area contributed by atoms with E-state index in [0.29, 0.717) is 12.5 Å². The summed E-state index contributed by atoms with van der Waals surface area (Å²) < 4.78 is 23.1. The predicted molar refractivity (Wildman–Crippen MR) is 60.8 cm³/mol. The van der Waals surface area contributed by atoms with E-state index in [4.69, 9.17) is 0 Å². The number of carbonyl (C=O) groups is 1. The van der Waals surface area contributed by atoms with Gasteiger partial charge in [0.1, 0.15) is 0 Å². The van der Waals surface area contributed by atoms with Gasteiger partial charge in [0.2, 0.25) is 5.91 Å². The molecular formula is C10H18N2O3S. The van der Waals surface area contributed by atoms with E-state index in [1.165, 1.54) is 0 Å². The van der Waals surface area contributed by atoms with E-state index >= 15 is 0 Å². The molecule has 0 bridgehead atoms. The first kappa shape index (κ1) is 11.9. The Morgan fingerprint density at radius 3 is 2.75 bits per heavy atom. The second-order valence-electron chi connectivity index (χ2n) is 5.07. The first-order valence-electron chi connectivity index (χ1n) is 5.62. The molecule has 2 saturated heterocycles. The number of sulfone groups is 1. The maximum Gasteiger partial charge on any atom is 0.236 e. The summed E-state index contributed by atoms with van der Waals surface area (Å²) in [6.07, 6.45) is 0. The molecule has 16 heavy (non-hydrogen) atoms.